The summed E-state index contributed by atoms with van der Waals surface area (Å²) in [5.74, 6) is 0. The lowest BCUT2D eigenvalue weighted by Crippen LogP contribution is -2.23. The zero-order valence-electron chi connectivity index (χ0n) is 14.9. The number of rotatable bonds is 5. The van der Waals surface area contributed by atoms with E-state index in [1.54, 1.807) is 18.2 Å². The summed E-state index contributed by atoms with van der Waals surface area (Å²) in [6, 6.07) is 7.82. The van der Waals surface area contributed by atoms with Crippen LogP contribution in [0, 0.1) is 6.92 Å². The Bertz CT molecular complexity index is 1180. The molecule has 1 N–H and O–H groups in total. The molecule has 0 bridgehead atoms. The van der Waals surface area contributed by atoms with Crippen LogP contribution in [0.4, 0.5) is 13.2 Å². The molecule has 3 aromatic rings. The van der Waals surface area contributed by atoms with Gasteiger partial charge in [0.25, 0.3) is 15.7 Å². The maximum absolute atomic E-state index is 13.6. The van der Waals surface area contributed by atoms with E-state index in [4.69, 9.17) is 0 Å². The first-order chi connectivity index (χ1) is 13.0. The molecule has 3 rings (SSSR count). The zero-order valence-corrected chi connectivity index (χ0v) is 15.7. The molecule has 2 aromatic heterocycles. The molecule has 0 radical (unpaired) electrons. The summed E-state index contributed by atoms with van der Waals surface area (Å²) in [6.07, 6.45) is -3.99. The minimum absolute atomic E-state index is 0.0655. The molecule has 0 saturated heterocycles. The molecule has 0 aliphatic heterocycles. The van der Waals surface area contributed by atoms with Crippen LogP contribution in [-0.2, 0) is 26.9 Å². The van der Waals surface area contributed by atoms with Gasteiger partial charge < -0.3 is 0 Å². The molecule has 7 nitrogen and oxygen atoms in total. The van der Waals surface area contributed by atoms with Crippen molar-refractivity contribution in [3.63, 3.8) is 0 Å². The van der Waals surface area contributed by atoms with Crippen molar-refractivity contribution >= 4 is 15.8 Å². The van der Waals surface area contributed by atoms with Crippen molar-refractivity contribution in [2.75, 3.05) is 12.9 Å². The third-order valence-electron chi connectivity index (χ3n) is 4.08. The fourth-order valence-corrected chi connectivity index (χ4v) is 3.27. The van der Waals surface area contributed by atoms with Gasteiger partial charge in [-0.05, 0) is 12.5 Å². The summed E-state index contributed by atoms with van der Waals surface area (Å²) >= 11 is 0. The normalized spacial score (nSPS) is 12.6. The SMILES string of the molecule is Cc1nc2c(-c3ccccc3)c(C(F)(F)F)[nH]n2c(=O)c1CCOS(C)(=O)=O. The van der Waals surface area contributed by atoms with Crippen LogP contribution in [0.2, 0.25) is 0 Å². The van der Waals surface area contributed by atoms with Crippen molar-refractivity contribution in [2.24, 2.45) is 0 Å². The van der Waals surface area contributed by atoms with E-state index in [1.807, 2.05) is 0 Å². The number of fused-ring (bicyclic) bond motifs is 1. The van der Waals surface area contributed by atoms with Crippen LogP contribution in [-0.4, -0.2) is 35.9 Å². The van der Waals surface area contributed by atoms with Crippen LogP contribution in [0.3, 0.4) is 0 Å². The number of hydrogen-bond donors (Lipinski definition) is 1. The Morgan fingerprint density at radius 1 is 1.21 bits per heavy atom. The molecule has 0 spiro atoms. The molecule has 0 amide bonds. The predicted molar refractivity (Wildman–Crippen MR) is 95.5 cm³/mol. The average Bonchev–Trinajstić information content (AvgIpc) is 2.97. The monoisotopic (exact) mass is 415 g/mol. The minimum Gasteiger partial charge on any atom is -0.284 e. The number of H-pyrrole nitrogens is 1. The van der Waals surface area contributed by atoms with Crippen molar-refractivity contribution in [1.82, 2.24) is 14.6 Å². The first-order valence-electron chi connectivity index (χ1n) is 8.10. The van der Waals surface area contributed by atoms with Crippen LogP contribution >= 0.6 is 0 Å². The van der Waals surface area contributed by atoms with E-state index < -0.39 is 27.5 Å². The van der Waals surface area contributed by atoms with Crippen molar-refractivity contribution in [3.8, 4) is 11.1 Å². The summed E-state index contributed by atoms with van der Waals surface area (Å²) in [5.41, 5.74) is -1.70. The fourth-order valence-electron chi connectivity index (χ4n) is 2.88. The van der Waals surface area contributed by atoms with Crippen molar-refractivity contribution in [3.05, 3.63) is 57.6 Å². The summed E-state index contributed by atoms with van der Waals surface area (Å²) in [7, 11) is -3.71. The Morgan fingerprint density at radius 2 is 1.86 bits per heavy atom. The number of alkyl halides is 3. The minimum atomic E-state index is -4.74. The molecule has 150 valence electrons. The van der Waals surface area contributed by atoms with Crippen LogP contribution in [0.5, 0.6) is 0 Å². The van der Waals surface area contributed by atoms with Gasteiger partial charge in [-0.25, -0.2) is 9.50 Å². The van der Waals surface area contributed by atoms with E-state index in [9.17, 15) is 26.4 Å². The molecule has 11 heteroatoms. The highest BCUT2D eigenvalue weighted by atomic mass is 32.2. The second-order valence-corrected chi connectivity index (χ2v) is 7.79. The van der Waals surface area contributed by atoms with Crippen LogP contribution in [0.1, 0.15) is 17.0 Å². The van der Waals surface area contributed by atoms with E-state index in [0.29, 0.717) is 0 Å². The predicted octanol–water partition coefficient (Wildman–Crippen LogP) is 2.54. The smallest absolute Gasteiger partial charge is 0.284 e. The molecule has 0 unspecified atom stereocenters. The lowest BCUT2D eigenvalue weighted by atomic mass is 10.1. The lowest BCUT2D eigenvalue weighted by molar-refractivity contribution is -0.140. The molecule has 0 fully saturated rings. The molecule has 0 saturated carbocycles. The summed E-state index contributed by atoms with van der Waals surface area (Å²) in [5, 5.41) is 2.10. The molecular weight excluding hydrogens is 399 g/mol. The van der Waals surface area contributed by atoms with Crippen LogP contribution in [0.15, 0.2) is 35.1 Å². The quantitative estimate of drug-likeness (QED) is 0.647. The molecule has 2 heterocycles. The Hall–Kier alpha value is -2.66. The maximum Gasteiger partial charge on any atom is 0.433 e. The summed E-state index contributed by atoms with van der Waals surface area (Å²) in [4.78, 5) is 16.9. The van der Waals surface area contributed by atoms with Gasteiger partial charge in [0.15, 0.2) is 5.65 Å². The summed E-state index contributed by atoms with van der Waals surface area (Å²) in [6.45, 7) is 1.16. The van der Waals surface area contributed by atoms with Gasteiger partial charge >= 0.3 is 6.18 Å². The van der Waals surface area contributed by atoms with Crippen molar-refractivity contribution in [1.29, 1.82) is 0 Å². The number of nitrogens with zero attached hydrogens (tertiary/aromatic N) is 2. The van der Waals surface area contributed by atoms with Crippen molar-refractivity contribution < 1.29 is 25.8 Å². The Kier molecular flexibility index (Phi) is 5.06. The second-order valence-electron chi connectivity index (χ2n) is 6.14. The zero-order chi connectivity index (χ0) is 20.7. The van der Waals surface area contributed by atoms with Gasteiger partial charge in [-0.1, -0.05) is 30.3 Å². The van der Waals surface area contributed by atoms with E-state index in [2.05, 4.69) is 14.3 Å². The highest BCUT2D eigenvalue weighted by Gasteiger charge is 2.38. The number of hydrogen-bond acceptors (Lipinski definition) is 5. The average molecular weight is 415 g/mol. The molecule has 0 aliphatic rings. The Morgan fingerprint density at radius 3 is 2.43 bits per heavy atom. The molecular formula is C17H16F3N3O4S. The van der Waals surface area contributed by atoms with Gasteiger partial charge in [0.2, 0.25) is 0 Å². The third-order valence-corrected chi connectivity index (χ3v) is 4.67. The number of halogens is 3. The first kappa shape index (κ1) is 20.1. The number of aromatic nitrogens is 3. The fraction of sp³-hybridized carbons (Fsp3) is 0.294. The van der Waals surface area contributed by atoms with Gasteiger partial charge in [0.1, 0.15) is 5.69 Å². The Balaban J connectivity index is 2.20. The largest absolute Gasteiger partial charge is 0.433 e. The maximum atomic E-state index is 13.6. The molecule has 0 aliphatic carbocycles. The van der Waals surface area contributed by atoms with Gasteiger partial charge in [0, 0.05) is 17.7 Å². The third kappa shape index (κ3) is 3.94. The van der Waals surface area contributed by atoms with Crippen LogP contribution < -0.4 is 5.56 Å². The van der Waals surface area contributed by atoms with Crippen molar-refractivity contribution in [2.45, 2.75) is 19.5 Å². The van der Waals surface area contributed by atoms with E-state index in [-0.39, 0.29) is 41.1 Å². The molecule has 1 aromatic carbocycles. The van der Waals surface area contributed by atoms with E-state index in [1.165, 1.54) is 19.1 Å². The number of aromatic amines is 1. The van der Waals surface area contributed by atoms with Crippen LogP contribution in [0.25, 0.3) is 16.8 Å². The summed E-state index contributed by atoms with van der Waals surface area (Å²) < 4.78 is 68.2. The Labute approximate surface area is 157 Å². The lowest BCUT2D eigenvalue weighted by Gasteiger charge is -2.07. The number of aryl methyl sites for hydroxylation is 1. The van der Waals surface area contributed by atoms with Gasteiger partial charge in [-0.2, -0.15) is 21.6 Å². The van der Waals surface area contributed by atoms with Gasteiger partial charge in [0.05, 0.1) is 18.4 Å². The number of nitrogens with one attached hydrogen (secondary N) is 1. The standard InChI is InChI=1S/C17H16F3N3O4S/c1-10-12(8-9-27-28(2,25)26)16(24)23-15(21-10)13(11-6-4-3-5-7-11)14(22-23)17(18,19)20/h3-7,22H,8-9H2,1-2H3. The highest BCUT2D eigenvalue weighted by Crippen LogP contribution is 2.38. The number of benzene rings is 1. The van der Waals surface area contributed by atoms with E-state index >= 15 is 0 Å². The first-order valence-corrected chi connectivity index (χ1v) is 9.92. The second kappa shape index (κ2) is 7.06. The van der Waals surface area contributed by atoms with Gasteiger partial charge in [-0.3, -0.25) is 14.1 Å². The van der Waals surface area contributed by atoms with Gasteiger partial charge in [-0.15, -0.1) is 0 Å². The topological polar surface area (TPSA) is 93.5 Å². The van der Waals surface area contributed by atoms with E-state index in [0.717, 1.165) is 10.8 Å². The highest BCUT2D eigenvalue weighted by molar-refractivity contribution is 7.85. The molecule has 0 atom stereocenters. The molecule has 28 heavy (non-hydrogen) atoms.